The number of carbonyl (C=O) groups is 2. The van der Waals surface area contributed by atoms with E-state index in [1.54, 1.807) is 25.4 Å². The zero-order valence-corrected chi connectivity index (χ0v) is 24.5. The molecule has 0 spiro atoms. The van der Waals surface area contributed by atoms with Gasteiger partial charge >= 0.3 is 6.09 Å². The van der Waals surface area contributed by atoms with Gasteiger partial charge in [-0.25, -0.2) is 4.79 Å². The van der Waals surface area contributed by atoms with Crippen molar-refractivity contribution in [3.63, 3.8) is 0 Å². The maximum atomic E-state index is 14.1. The van der Waals surface area contributed by atoms with Gasteiger partial charge in [-0.2, -0.15) is 0 Å². The van der Waals surface area contributed by atoms with Gasteiger partial charge in [0.05, 0.1) is 10.4 Å². The molecule has 1 unspecified atom stereocenters. The third kappa shape index (κ3) is 6.21. The third-order valence-corrected chi connectivity index (χ3v) is 9.10. The van der Waals surface area contributed by atoms with Gasteiger partial charge in [-0.15, -0.1) is 11.6 Å². The van der Waals surface area contributed by atoms with Crippen LogP contribution in [0.3, 0.4) is 0 Å². The molecule has 3 N–H and O–H groups in total. The Labute approximate surface area is 250 Å². The smallest absolute Gasteiger partial charge is 0.408 e. The molecule has 4 aromatic rings. The van der Waals surface area contributed by atoms with Gasteiger partial charge in [0.1, 0.15) is 12.1 Å². The van der Waals surface area contributed by atoms with Crippen molar-refractivity contribution in [2.75, 3.05) is 6.54 Å². The van der Waals surface area contributed by atoms with Crippen molar-refractivity contribution in [3.8, 4) is 0 Å². The number of alkyl halides is 1. The summed E-state index contributed by atoms with van der Waals surface area (Å²) in [5.74, 6) is -0.420. The van der Waals surface area contributed by atoms with Gasteiger partial charge in [-0.1, -0.05) is 73.3 Å². The van der Waals surface area contributed by atoms with Crippen LogP contribution in [0, 0.1) is 0 Å². The topological polar surface area (TPSA) is 96.1 Å². The third-order valence-electron chi connectivity index (χ3n) is 8.12. The average Bonchev–Trinajstić information content (AvgIpc) is 3.45. The Morgan fingerprint density at radius 2 is 1.80 bits per heavy atom. The van der Waals surface area contributed by atoms with Crippen molar-refractivity contribution in [2.45, 2.75) is 62.0 Å². The summed E-state index contributed by atoms with van der Waals surface area (Å²) in [5, 5.41) is 6.16. The van der Waals surface area contributed by atoms with Crippen LogP contribution in [0.25, 0.3) is 10.9 Å². The fourth-order valence-corrected chi connectivity index (χ4v) is 6.35. The van der Waals surface area contributed by atoms with E-state index in [0.29, 0.717) is 22.5 Å². The van der Waals surface area contributed by atoms with E-state index in [2.05, 4.69) is 20.6 Å². The fourth-order valence-electron chi connectivity index (χ4n) is 5.74. The van der Waals surface area contributed by atoms with Gasteiger partial charge < -0.3 is 20.4 Å². The quantitative estimate of drug-likeness (QED) is 0.179. The molecule has 2 atom stereocenters. The zero-order valence-electron chi connectivity index (χ0n) is 23.0. The fraction of sp³-hybridized carbons (Fsp3) is 0.344. The van der Waals surface area contributed by atoms with Crippen LogP contribution in [0.2, 0.25) is 5.02 Å². The highest BCUT2D eigenvalue weighted by atomic mass is 35.5. The lowest BCUT2D eigenvalue weighted by molar-refractivity contribution is -0.127. The SMILES string of the molecule is C[C@](NC(=O)OCc1ccccc1)(C(=O)NCC1(c2ccccn2)CCCCC1)C(Cl)c1c[nH]c2cccc(Cl)c12. The van der Waals surface area contributed by atoms with Crippen molar-refractivity contribution in [1.29, 1.82) is 0 Å². The van der Waals surface area contributed by atoms with Gasteiger partial charge in [0.15, 0.2) is 0 Å². The summed E-state index contributed by atoms with van der Waals surface area (Å²) in [6, 6.07) is 20.7. The number of hydrogen-bond acceptors (Lipinski definition) is 4. The summed E-state index contributed by atoms with van der Waals surface area (Å²) in [6.07, 6.45) is 7.86. The minimum atomic E-state index is -1.58. The largest absolute Gasteiger partial charge is 0.445 e. The molecule has 1 fully saturated rings. The van der Waals surface area contributed by atoms with Gasteiger partial charge in [-0.05, 0) is 55.2 Å². The van der Waals surface area contributed by atoms with Crippen LogP contribution >= 0.6 is 23.2 Å². The molecule has 1 aliphatic rings. The lowest BCUT2D eigenvalue weighted by Gasteiger charge is -2.39. The highest BCUT2D eigenvalue weighted by Gasteiger charge is 2.46. The number of amides is 2. The number of nitrogens with zero attached hydrogens (tertiary/aromatic N) is 1. The first-order valence-corrected chi connectivity index (χ1v) is 14.7. The van der Waals surface area contributed by atoms with Crippen molar-refractivity contribution in [3.05, 3.63) is 101 Å². The van der Waals surface area contributed by atoms with Crippen molar-refractivity contribution < 1.29 is 14.3 Å². The molecule has 2 aromatic carbocycles. The van der Waals surface area contributed by atoms with E-state index < -0.39 is 22.9 Å². The van der Waals surface area contributed by atoms with Gasteiger partial charge in [0.25, 0.3) is 0 Å². The van der Waals surface area contributed by atoms with Gasteiger partial charge in [0, 0.05) is 41.0 Å². The monoisotopic (exact) mass is 592 g/mol. The molecule has 214 valence electrons. The normalized spacial score (nSPS) is 16.9. The molecule has 2 heterocycles. The molecule has 0 saturated heterocycles. The second kappa shape index (κ2) is 12.5. The average molecular weight is 594 g/mol. The van der Waals surface area contributed by atoms with E-state index in [1.807, 2.05) is 60.7 Å². The first kappa shape index (κ1) is 29.0. The number of H-pyrrole nitrogens is 1. The molecule has 41 heavy (non-hydrogen) atoms. The predicted octanol–water partition coefficient (Wildman–Crippen LogP) is 7.20. The summed E-state index contributed by atoms with van der Waals surface area (Å²) in [7, 11) is 0. The number of fused-ring (bicyclic) bond motifs is 1. The van der Waals surface area contributed by atoms with Crippen molar-refractivity contribution in [2.24, 2.45) is 0 Å². The van der Waals surface area contributed by atoms with E-state index in [0.717, 1.165) is 48.9 Å². The maximum Gasteiger partial charge on any atom is 0.408 e. The molecule has 0 bridgehead atoms. The van der Waals surface area contributed by atoms with Crippen molar-refractivity contribution >= 4 is 46.1 Å². The lowest BCUT2D eigenvalue weighted by Crippen LogP contribution is -2.60. The zero-order chi connectivity index (χ0) is 28.9. The molecular formula is C32H34Cl2N4O3. The summed E-state index contributed by atoms with van der Waals surface area (Å²) in [4.78, 5) is 35.1. The van der Waals surface area contributed by atoms with Crippen LogP contribution in [0.1, 0.15) is 61.2 Å². The summed E-state index contributed by atoms with van der Waals surface area (Å²) < 4.78 is 5.50. The second-order valence-electron chi connectivity index (χ2n) is 10.9. The Kier molecular flexibility index (Phi) is 8.85. The van der Waals surface area contributed by atoms with Crippen LogP contribution < -0.4 is 10.6 Å². The Balaban J connectivity index is 1.42. The minimum absolute atomic E-state index is 0.0546. The number of hydrogen-bond donors (Lipinski definition) is 3. The van der Waals surface area contributed by atoms with Crippen LogP contribution in [-0.4, -0.2) is 34.1 Å². The van der Waals surface area contributed by atoms with Crippen LogP contribution in [0.4, 0.5) is 4.79 Å². The number of ether oxygens (including phenoxy) is 1. The molecule has 0 radical (unpaired) electrons. The Bertz CT molecular complexity index is 1490. The van der Waals surface area contributed by atoms with E-state index in [9.17, 15) is 9.59 Å². The number of aromatic nitrogens is 2. The number of carbonyl (C=O) groups excluding carboxylic acids is 2. The molecule has 2 amide bonds. The van der Waals surface area contributed by atoms with Crippen molar-refractivity contribution in [1.82, 2.24) is 20.6 Å². The summed E-state index contributed by atoms with van der Waals surface area (Å²) in [5.41, 5.74) is 1.30. The van der Waals surface area contributed by atoms with E-state index in [1.165, 1.54) is 0 Å². The molecule has 5 rings (SSSR count). The van der Waals surface area contributed by atoms with E-state index >= 15 is 0 Å². The standard InChI is InChI=1S/C32H34Cl2N4O3/c1-31(38-30(40)41-20-22-11-4-2-5-12-22,28(34)23-19-36-25-14-10-13-24(33)27(23)25)29(39)37-21-32(16-7-3-8-17-32)26-15-6-9-18-35-26/h2,4-6,9-15,18-19,28,36H,3,7-8,16-17,20-21H2,1H3,(H,37,39)(H,38,40)/t28?,31-/m1/s1. The van der Waals surface area contributed by atoms with E-state index in [-0.39, 0.29) is 12.0 Å². The number of nitrogens with one attached hydrogen (secondary N) is 3. The van der Waals surface area contributed by atoms with Gasteiger partial charge in [0.2, 0.25) is 5.91 Å². The molecule has 1 saturated carbocycles. The number of pyridine rings is 1. The second-order valence-corrected chi connectivity index (χ2v) is 11.7. The number of alkyl carbamates (subject to hydrolysis) is 1. The maximum absolute atomic E-state index is 14.1. The predicted molar refractivity (Wildman–Crippen MR) is 162 cm³/mol. The number of halogens is 2. The van der Waals surface area contributed by atoms with Crippen LogP contribution in [0.15, 0.2) is 79.1 Å². The first-order chi connectivity index (χ1) is 19.8. The number of benzene rings is 2. The molecule has 1 aliphatic carbocycles. The molecule has 9 heteroatoms. The Morgan fingerprint density at radius 1 is 1.05 bits per heavy atom. The van der Waals surface area contributed by atoms with Crippen LogP contribution in [0.5, 0.6) is 0 Å². The number of rotatable bonds is 9. The first-order valence-electron chi connectivity index (χ1n) is 13.9. The molecule has 7 nitrogen and oxygen atoms in total. The highest BCUT2D eigenvalue weighted by molar-refractivity contribution is 6.36. The summed E-state index contributed by atoms with van der Waals surface area (Å²) in [6.45, 7) is 2.05. The van der Waals surface area contributed by atoms with Gasteiger partial charge in [-0.3, -0.25) is 9.78 Å². The Morgan fingerprint density at radius 3 is 2.54 bits per heavy atom. The van der Waals surface area contributed by atoms with Crippen LogP contribution in [-0.2, 0) is 21.6 Å². The Hall–Kier alpha value is -3.55. The summed E-state index contributed by atoms with van der Waals surface area (Å²) >= 11 is 13.7. The molecule has 0 aliphatic heterocycles. The molecule has 2 aromatic heterocycles. The lowest BCUT2D eigenvalue weighted by atomic mass is 9.71. The minimum Gasteiger partial charge on any atom is -0.445 e. The molecular weight excluding hydrogens is 559 g/mol. The number of aromatic amines is 1. The van der Waals surface area contributed by atoms with E-state index in [4.69, 9.17) is 27.9 Å². The highest BCUT2D eigenvalue weighted by Crippen LogP contribution is 2.41.